The van der Waals surface area contributed by atoms with Crippen LogP contribution in [0.1, 0.15) is 23.6 Å². The van der Waals surface area contributed by atoms with Gasteiger partial charge in [0.25, 0.3) is 0 Å². The highest BCUT2D eigenvalue weighted by atomic mass is 19.4. The minimum absolute atomic E-state index is 0.371. The van der Waals surface area contributed by atoms with Crippen molar-refractivity contribution in [3.63, 3.8) is 0 Å². The second-order valence-corrected chi connectivity index (χ2v) is 3.44. The summed E-state index contributed by atoms with van der Waals surface area (Å²) in [5.74, 6) is 0. The molecule has 1 aromatic carbocycles. The van der Waals surface area contributed by atoms with Crippen LogP contribution in [0.25, 0.3) is 0 Å². The Balaban J connectivity index is 3.58. The summed E-state index contributed by atoms with van der Waals surface area (Å²) >= 11 is 0. The molecule has 0 unspecified atom stereocenters. The van der Waals surface area contributed by atoms with E-state index in [1.165, 1.54) is 6.92 Å². The van der Waals surface area contributed by atoms with Gasteiger partial charge >= 0.3 is 12.4 Å². The van der Waals surface area contributed by atoms with Crippen molar-refractivity contribution in [3.8, 4) is 0 Å². The van der Waals surface area contributed by atoms with Crippen molar-refractivity contribution in [2.24, 2.45) is 0 Å². The lowest BCUT2D eigenvalue weighted by atomic mass is 9.97. The van der Waals surface area contributed by atoms with Gasteiger partial charge < -0.3 is 5.73 Å². The van der Waals surface area contributed by atoms with Gasteiger partial charge in [-0.25, -0.2) is 0 Å². The second-order valence-electron chi connectivity index (χ2n) is 3.44. The fourth-order valence-corrected chi connectivity index (χ4v) is 1.58. The van der Waals surface area contributed by atoms with E-state index in [0.717, 1.165) is 0 Å². The number of alkyl halides is 6. The molecule has 0 aromatic heterocycles. The van der Waals surface area contributed by atoms with Crippen molar-refractivity contribution in [2.75, 3.05) is 5.73 Å². The van der Waals surface area contributed by atoms with E-state index < -0.39 is 34.7 Å². The molecular weight excluding hydrogens is 248 g/mol. The van der Waals surface area contributed by atoms with Crippen LogP contribution in [0.4, 0.5) is 32.0 Å². The largest absolute Gasteiger partial charge is 0.416 e. The molecule has 0 saturated heterocycles. The molecule has 1 aromatic rings. The second kappa shape index (κ2) is 4.12. The van der Waals surface area contributed by atoms with Gasteiger partial charge in [0, 0.05) is 5.69 Å². The normalized spacial score (nSPS) is 12.9. The van der Waals surface area contributed by atoms with Gasteiger partial charge in [-0.15, -0.1) is 0 Å². The zero-order chi connectivity index (χ0) is 13.4. The Bertz CT molecular complexity index is 383. The van der Waals surface area contributed by atoms with Crippen LogP contribution in [0.3, 0.4) is 0 Å². The van der Waals surface area contributed by atoms with Crippen LogP contribution in [0, 0.1) is 0 Å². The first-order valence-corrected chi connectivity index (χ1v) is 4.64. The highest BCUT2D eigenvalue weighted by Crippen LogP contribution is 2.40. The molecule has 1 rings (SSSR count). The molecule has 0 bridgehead atoms. The molecule has 2 N–H and O–H groups in total. The Hall–Kier alpha value is -1.40. The van der Waals surface area contributed by atoms with E-state index in [9.17, 15) is 26.3 Å². The van der Waals surface area contributed by atoms with E-state index in [1.807, 2.05) is 0 Å². The Morgan fingerprint density at radius 3 is 1.53 bits per heavy atom. The number of nitrogens with two attached hydrogens (primary N) is 1. The zero-order valence-electron chi connectivity index (χ0n) is 8.71. The van der Waals surface area contributed by atoms with Crippen LogP contribution in [0.15, 0.2) is 12.1 Å². The summed E-state index contributed by atoms with van der Waals surface area (Å²) in [5.41, 5.74) is 1.09. The third kappa shape index (κ3) is 2.83. The van der Waals surface area contributed by atoms with Crippen molar-refractivity contribution in [1.82, 2.24) is 0 Å². The minimum Gasteiger partial charge on any atom is -0.399 e. The molecule has 96 valence electrons. The lowest BCUT2D eigenvalue weighted by Crippen LogP contribution is -2.17. The molecule has 0 aliphatic heterocycles. The number of nitrogen functional groups attached to an aromatic ring is 1. The molecule has 1 nitrogen and oxygen atoms in total. The summed E-state index contributed by atoms with van der Waals surface area (Å²) in [7, 11) is 0. The van der Waals surface area contributed by atoms with Crippen LogP contribution < -0.4 is 5.73 Å². The quantitative estimate of drug-likeness (QED) is 0.599. The molecule has 0 heterocycles. The van der Waals surface area contributed by atoms with Crippen LogP contribution in [-0.4, -0.2) is 0 Å². The van der Waals surface area contributed by atoms with Gasteiger partial charge in [-0.2, -0.15) is 26.3 Å². The standard InChI is InChI=1S/C10H9F6N/c1-2-6-7(9(11,12)13)3-5(17)4-8(6)10(14,15)16/h3-4H,2,17H2,1H3. The number of benzene rings is 1. The fraction of sp³-hybridized carbons (Fsp3) is 0.400. The number of anilines is 1. The maximum atomic E-state index is 12.6. The topological polar surface area (TPSA) is 26.0 Å². The van der Waals surface area contributed by atoms with Crippen LogP contribution in [0.5, 0.6) is 0 Å². The van der Waals surface area contributed by atoms with E-state index in [-0.39, 0.29) is 6.42 Å². The molecule has 0 saturated carbocycles. The summed E-state index contributed by atoms with van der Waals surface area (Å²) < 4.78 is 75.4. The van der Waals surface area contributed by atoms with E-state index in [1.54, 1.807) is 0 Å². The highest BCUT2D eigenvalue weighted by Gasteiger charge is 2.40. The molecule has 7 heteroatoms. The predicted octanol–water partition coefficient (Wildman–Crippen LogP) is 3.87. The maximum absolute atomic E-state index is 12.6. The van der Waals surface area contributed by atoms with E-state index >= 15 is 0 Å². The third-order valence-electron chi connectivity index (χ3n) is 2.24. The first kappa shape index (κ1) is 13.7. The Labute approximate surface area is 93.2 Å². The lowest BCUT2D eigenvalue weighted by molar-refractivity contribution is -0.144. The number of hydrogen-bond acceptors (Lipinski definition) is 1. The molecule has 0 amide bonds. The maximum Gasteiger partial charge on any atom is 0.416 e. The zero-order valence-corrected chi connectivity index (χ0v) is 8.71. The predicted molar refractivity (Wildman–Crippen MR) is 50.2 cm³/mol. The van der Waals surface area contributed by atoms with Gasteiger partial charge in [0.15, 0.2) is 0 Å². The average molecular weight is 257 g/mol. The fourth-order valence-electron chi connectivity index (χ4n) is 1.58. The van der Waals surface area contributed by atoms with Gasteiger partial charge in [-0.1, -0.05) is 6.92 Å². The summed E-state index contributed by atoms with van der Waals surface area (Å²) in [6, 6.07) is 1.04. The number of rotatable bonds is 1. The van der Waals surface area contributed by atoms with Crippen molar-refractivity contribution in [2.45, 2.75) is 25.7 Å². The van der Waals surface area contributed by atoms with E-state index in [0.29, 0.717) is 12.1 Å². The van der Waals surface area contributed by atoms with Gasteiger partial charge in [0.2, 0.25) is 0 Å². The van der Waals surface area contributed by atoms with Gasteiger partial charge in [-0.05, 0) is 24.1 Å². The summed E-state index contributed by atoms with van der Waals surface area (Å²) in [6.45, 7) is 1.23. The van der Waals surface area contributed by atoms with Crippen molar-refractivity contribution < 1.29 is 26.3 Å². The Morgan fingerprint density at radius 1 is 0.941 bits per heavy atom. The van der Waals surface area contributed by atoms with Crippen LogP contribution >= 0.6 is 0 Å². The third-order valence-corrected chi connectivity index (χ3v) is 2.24. The Morgan fingerprint density at radius 2 is 1.29 bits per heavy atom. The van der Waals surface area contributed by atoms with E-state index in [2.05, 4.69) is 0 Å². The molecule has 17 heavy (non-hydrogen) atoms. The summed E-state index contributed by atoms with van der Waals surface area (Å²) in [5, 5.41) is 0. The first-order chi connectivity index (χ1) is 7.57. The monoisotopic (exact) mass is 257 g/mol. The summed E-state index contributed by atoms with van der Waals surface area (Å²) in [4.78, 5) is 0. The SMILES string of the molecule is CCc1c(C(F)(F)F)cc(N)cc1C(F)(F)F. The Kier molecular flexibility index (Phi) is 3.31. The van der Waals surface area contributed by atoms with Gasteiger partial charge in [-0.3, -0.25) is 0 Å². The molecule has 0 aliphatic rings. The minimum atomic E-state index is -4.85. The highest BCUT2D eigenvalue weighted by molar-refractivity contribution is 5.51. The van der Waals surface area contributed by atoms with E-state index in [4.69, 9.17) is 5.73 Å². The molecule has 0 aliphatic carbocycles. The molecule has 0 radical (unpaired) electrons. The van der Waals surface area contributed by atoms with Gasteiger partial charge in [0.1, 0.15) is 0 Å². The average Bonchev–Trinajstić information content (AvgIpc) is 2.13. The van der Waals surface area contributed by atoms with Gasteiger partial charge in [0.05, 0.1) is 11.1 Å². The first-order valence-electron chi connectivity index (χ1n) is 4.64. The van der Waals surface area contributed by atoms with Crippen LogP contribution in [-0.2, 0) is 18.8 Å². The molecule has 0 spiro atoms. The lowest BCUT2D eigenvalue weighted by Gasteiger charge is -2.18. The number of hydrogen-bond donors (Lipinski definition) is 1. The molecule has 0 atom stereocenters. The number of halogens is 6. The summed E-state index contributed by atoms with van der Waals surface area (Å²) in [6.07, 6.45) is -10.1. The van der Waals surface area contributed by atoms with Crippen molar-refractivity contribution in [3.05, 3.63) is 28.8 Å². The molecule has 0 fully saturated rings. The molecular formula is C10H9F6N. The van der Waals surface area contributed by atoms with Crippen molar-refractivity contribution >= 4 is 5.69 Å². The smallest absolute Gasteiger partial charge is 0.399 e. The van der Waals surface area contributed by atoms with Crippen molar-refractivity contribution in [1.29, 1.82) is 0 Å². The van der Waals surface area contributed by atoms with Crippen LogP contribution in [0.2, 0.25) is 0 Å².